The van der Waals surface area contributed by atoms with Gasteiger partial charge in [0.1, 0.15) is 49.0 Å². The Labute approximate surface area is 394 Å². The van der Waals surface area contributed by atoms with Crippen LogP contribution in [-0.4, -0.2) is 161 Å². The van der Waals surface area contributed by atoms with Crippen molar-refractivity contribution < 1.29 is 67.3 Å². The van der Waals surface area contributed by atoms with Gasteiger partial charge in [-0.05, 0) is 17.5 Å². The maximum absolute atomic E-state index is 14.8. The van der Waals surface area contributed by atoms with E-state index in [1.807, 2.05) is 0 Å². The maximum Gasteiger partial charge on any atom is 0.303 e. The summed E-state index contributed by atoms with van der Waals surface area (Å²) in [5.41, 5.74) is 6.53. The summed E-state index contributed by atoms with van der Waals surface area (Å²) in [5, 5.41) is 29.6. The van der Waals surface area contributed by atoms with Crippen LogP contribution in [0.3, 0.4) is 0 Å². The molecule has 1 aromatic carbocycles. The smallest absolute Gasteiger partial charge is 0.303 e. The van der Waals surface area contributed by atoms with E-state index in [2.05, 4.69) is 42.2 Å². The Balaban J connectivity index is 1.72. The predicted octanol–water partition coefficient (Wildman–Crippen LogP) is -3.50. The number of amides is 9. The van der Waals surface area contributed by atoms with Crippen molar-refractivity contribution in [2.24, 2.45) is 17.6 Å². The summed E-state index contributed by atoms with van der Waals surface area (Å²) < 4.78 is 10.6. The summed E-state index contributed by atoms with van der Waals surface area (Å²) in [6.07, 6.45) is -3.82. The average molecular weight is 971 g/mol. The molecule has 0 aliphatic carbocycles. The molecule has 25 heteroatoms. The summed E-state index contributed by atoms with van der Waals surface area (Å²) >= 11 is 1.01. The molecule has 1 aromatic heterocycles. The van der Waals surface area contributed by atoms with Gasteiger partial charge in [-0.1, -0.05) is 45.4 Å². The number of fused-ring (bicyclic) bond motifs is 5. The number of nitrogens with one attached hydrogen (secondary N) is 8. The Kier molecular flexibility index (Phi) is 17.9. The van der Waals surface area contributed by atoms with Crippen molar-refractivity contribution >= 4 is 87.8 Å². The molecule has 5 rings (SSSR count). The van der Waals surface area contributed by atoms with Crippen LogP contribution in [0.5, 0.6) is 0 Å². The van der Waals surface area contributed by atoms with Crippen LogP contribution >= 0.6 is 11.8 Å². The molecule has 24 nitrogen and oxygen atoms in total. The van der Waals surface area contributed by atoms with E-state index in [0.29, 0.717) is 27.9 Å². The average Bonchev–Trinajstić information content (AvgIpc) is 3.85. The standard InChI is InChI=1S/C43H58N10O14S/c1-6-19(2)35-40(63)46-14-33(58)47-29-18-68-42-25(24-9-7-8-10-26(24)50-42)12-27(37(60)45-15-34(59)51-35)48-41(64)36(20(3)31(67-22(5)55)17-66-21(4)54)52-39(62)30-11-23(56)16-53(30)43(65)28(13-32(44)57)49-38(29)61/h7-10,19-20,23,27-31,35-36,50,56H,6,11-18H2,1-5H3,(H2,44,57)(H,45,60)(H,46,63)(H,47,58)(H,48,64)(H,49,61)(H,51,59)(H,52,62)/t19-,20-,23?,27?,28?,29?,30-,31-,35-,36-/m0/s1. The number of carbonyl (C=O) groups is 11. The lowest BCUT2D eigenvalue weighted by Gasteiger charge is -2.33. The van der Waals surface area contributed by atoms with Crippen molar-refractivity contribution in [3.63, 3.8) is 0 Å². The summed E-state index contributed by atoms with van der Waals surface area (Å²) in [6, 6.07) is -2.44. The molecule has 0 saturated carbocycles. The molecule has 68 heavy (non-hydrogen) atoms. The number of aromatic nitrogens is 1. The van der Waals surface area contributed by atoms with E-state index in [0.717, 1.165) is 30.5 Å². The minimum atomic E-state index is -1.76. The van der Waals surface area contributed by atoms with E-state index in [4.69, 9.17) is 15.2 Å². The SMILES string of the molecule is CC[C@H](C)[C@@H]1NC(=O)CNC(=O)C2Cc3c([nH]c4ccccc34)SCC(NC(=O)CNC1=O)C(=O)NC(CC(N)=O)C(=O)N1CC(O)C[C@H]1C(=O)N[C@@H]([C@@H](C)[C@H](COC(C)=O)OC(C)=O)C(=O)N2. The number of benzene rings is 1. The highest BCUT2D eigenvalue weighted by molar-refractivity contribution is 7.99. The van der Waals surface area contributed by atoms with Crippen molar-refractivity contribution in [1.29, 1.82) is 0 Å². The van der Waals surface area contributed by atoms with Crippen LogP contribution in [0.1, 0.15) is 59.4 Å². The summed E-state index contributed by atoms with van der Waals surface area (Å²) in [6.45, 7) is 4.57. The minimum absolute atomic E-state index is 0.273. The van der Waals surface area contributed by atoms with Gasteiger partial charge in [0.2, 0.25) is 53.2 Å². The second-order valence-electron chi connectivity index (χ2n) is 17.0. The number of aliphatic hydroxyl groups is 1. The molecule has 4 heterocycles. The lowest BCUT2D eigenvalue weighted by Crippen LogP contribution is -2.62. The zero-order chi connectivity index (χ0) is 50.0. The molecule has 11 N–H and O–H groups in total. The maximum atomic E-state index is 14.8. The number of thioether (sulfide) groups is 1. The van der Waals surface area contributed by atoms with Gasteiger partial charge in [0.25, 0.3) is 0 Å². The van der Waals surface area contributed by atoms with Gasteiger partial charge < -0.3 is 67.4 Å². The number of ether oxygens (including phenoxy) is 2. The van der Waals surface area contributed by atoms with Crippen LogP contribution in [0.4, 0.5) is 0 Å². The largest absolute Gasteiger partial charge is 0.462 e. The Bertz CT molecular complexity index is 2310. The lowest BCUT2D eigenvalue weighted by atomic mass is 9.93. The first kappa shape index (κ1) is 52.2. The third-order valence-corrected chi connectivity index (χ3v) is 13.0. The molecule has 0 spiro atoms. The van der Waals surface area contributed by atoms with Gasteiger partial charge in [-0.25, -0.2) is 0 Å². The number of hydrogen-bond acceptors (Lipinski definition) is 15. The van der Waals surface area contributed by atoms with E-state index >= 15 is 0 Å². The van der Waals surface area contributed by atoms with Gasteiger partial charge >= 0.3 is 11.9 Å². The number of rotatable bonds is 9. The van der Waals surface area contributed by atoms with Gasteiger partial charge in [0.05, 0.1) is 30.6 Å². The molecule has 0 radical (unpaired) electrons. The second-order valence-corrected chi connectivity index (χ2v) is 18.0. The second kappa shape index (κ2) is 23.3. The Morgan fingerprint density at radius 1 is 0.824 bits per heavy atom. The number of esters is 2. The van der Waals surface area contributed by atoms with Crippen molar-refractivity contribution in [3.05, 3.63) is 29.8 Å². The summed E-state index contributed by atoms with van der Waals surface area (Å²) in [4.78, 5) is 154. The molecule has 3 aliphatic heterocycles. The first-order chi connectivity index (χ1) is 32.2. The van der Waals surface area contributed by atoms with Crippen LogP contribution in [0.25, 0.3) is 10.9 Å². The zero-order valence-corrected chi connectivity index (χ0v) is 39.0. The van der Waals surface area contributed by atoms with Gasteiger partial charge in [-0.2, -0.15) is 0 Å². The quantitative estimate of drug-likeness (QED) is 0.109. The normalized spacial score (nSPS) is 26.2. The van der Waals surface area contributed by atoms with Gasteiger partial charge in [-0.15, -0.1) is 11.8 Å². The third-order valence-electron chi connectivity index (χ3n) is 11.9. The number of nitrogens with two attached hydrogens (primary N) is 1. The van der Waals surface area contributed by atoms with Crippen LogP contribution in [0.2, 0.25) is 0 Å². The Morgan fingerprint density at radius 3 is 2.16 bits per heavy atom. The number of primary amides is 1. The first-order valence-corrected chi connectivity index (χ1v) is 23.0. The van der Waals surface area contributed by atoms with Crippen LogP contribution in [0, 0.1) is 11.8 Å². The topological polar surface area (TPSA) is 356 Å². The minimum Gasteiger partial charge on any atom is -0.462 e. The highest BCUT2D eigenvalue weighted by Gasteiger charge is 2.45. The summed E-state index contributed by atoms with van der Waals surface area (Å²) in [7, 11) is 0. The van der Waals surface area contributed by atoms with Crippen molar-refractivity contribution in [2.75, 3.05) is 32.0 Å². The van der Waals surface area contributed by atoms with E-state index in [-0.39, 0.29) is 12.2 Å². The van der Waals surface area contributed by atoms with Gasteiger partial charge in [-0.3, -0.25) is 52.7 Å². The molecule has 3 aliphatic rings. The molecule has 370 valence electrons. The van der Waals surface area contributed by atoms with Crippen LogP contribution in [0.15, 0.2) is 29.3 Å². The van der Waals surface area contributed by atoms with Gasteiger partial charge in [0.15, 0.2) is 0 Å². The molecular formula is C43H58N10O14S. The van der Waals surface area contributed by atoms with E-state index < -0.39 is 164 Å². The number of aliphatic hydroxyl groups excluding tert-OH is 1. The lowest BCUT2D eigenvalue weighted by molar-refractivity contribution is -0.161. The molecular weight excluding hydrogens is 913 g/mol. The van der Waals surface area contributed by atoms with Crippen LogP contribution in [-0.2, 0) is 68.6 Å². The Hall–Kier alpha value is -6.76. The number of para-hydroxylation sites is 1. The summed E-state index contributed by atoms with van der Waals surface area (Å²) in [5.74, 6) is -12.1. The molecule has 2 bridgehead atoms. The van der Waals surface area contributed by atoms with Crippen molar-refractivity contribution in [3.8, 4) is 0 Å². The fourth-order valence-corrected chi connectivity index (χ4v) is 9.17. The fourth-order valence-electron chi connectivity index (χ4n) is 8.05. The number of H-pyrrole nitrogens is 1. The number of carbonyl (C=O) groups excluding carboxylic acids is 11. The number of nitrogens with zero attached hydrogens (tertiary/aromatic N) is 1. The molecule has 1 fully saturated rings. The molecule has 4 unspecified atom stereocenters. The van der Waals surface area contributed by atoms with E-state index in [1.54, 1.807) is 38.1 Å². The van der Waals surface area contributed by atoms with Crippen molar-refractivity contribution in [1.82, 2.24) is 47.1 Å². The monoisotopic (exact) mass is 970 g/mol. The third kappa shape index (κ3) is 13.4. The zero-order valence-electron chi connectivity index (χ0n) is 38.1. The highest BCUT2D eigenvalue weighted by atomic mass is 32.2. The van der Waals surface area contributed by atoms with E-state index in [9.17, 15) is 57.8 Å². The van der Waals surface area contributed by atoms with Gasteiger partial charge in [0, 0.05) is 55.8 Å². The van der Waals surface area contributed by atoms with Crippen molar-refractivity contribution in [2.45, 2.75) is 114 Å². The van der Waals surface area contributed by atoms with E-state index in [1.165, 1.54) is 6.92 Å². The predicted molar refractivity (Wildman–Crippen MR) is 239 cm³/mol. The number of aromatic amines is 1. The fraction of sp³-hybridized carbons (Fsp3) is 0.558. The number of hydrogen-bond donors (Lipinski definition) is 10. The Morgan fingerprint density at radius 2 is 1.50 bits per heavy atom. The molecule has 9 amide bonds. The molecule has 1 saturated heterocycles. The van der Waals surface area contributed by atoms with Crippen LogP contribution < -0.4 is 43.0 Å². The molecule has 10 atom stereocenters. The first-order valence-electron chi connectivity index (χ1n) is 22.0. The molecule has 2 aromatic rings. The highest BCUT2D eigenvalue weighted by Crippen LogP contribution is 2.32.